The molecule has 7 heteroatoms. The Morgan fingerprint density at radius 2 is 1.92 bits per heavy atom. The molecule has 2 heterocycles. The van der Waals surface area contributed by atoms with E-state index in [1.165, 1.54) is 35.5 Å². The molecule has 0 N–H and O–H groups in total. The van der Waals surface area contributed by atoms with Gasteiger partial charge in [-0.1, -0.05) is 18.2 Å². The third-order valence-corrected chi connectivity index (χ3v) is 6.04. The van der Waals surface area contributed by atoms with E-state index in [0.717, 1.165) is 5.69 Å². The van der Waals surface area contributed by atoms with Crippen LogP contribution in [0.1, 0.15) is 29.4 Å². The number of aryl methyl sites for hydroxylation is 1. The number of carbonyl (C=O) groups is 1. The number of hydrogen-bond donors (Lipinski definition) is 0. The van der Waals surface area contributed by atoms with Crippen LogP contribution in [-0.4, -0.2) is 42.7 Å². The Hall–Kier alpha value is -2.25. The number of aromatic nitrogens is 1. The van der Waals surface area contributed by atoms with Crippen LogP contribution in [0.5, 0.6) is 5.88 Å². The summed E-state index contributed by atoms with van der Waals surface area (Å²) in [6, 6.07) is 11.5. The zero-order valence-corrected chi connectivity index (χ0v) is 15.0. The molecule has 0 amide bonds. The SMILES string of the molecule is CC(=O)c1ccc(S(=O)(=O)N2CCC(Oc3cccc(C)n3)C2)cc1. The lowest BCUT2D eigenvalue weighted by Crippen LogP contribution is -2.31. The fraction of sp³-hybridized carbons (Fsp3) is 0.333. The first-order chi connectivity index (χ1) is 11.9. The monoisotopic (exact) mass is 360 g/mol. The third-order valence-electron chi connectivity index (χ3n) is 4.16. The average molecular weight is 360 g/mol. The van der Waals surface area contributed by atoms with E-state index in [4.69, 9.17) is 4.74 Å². The Kier molecular flexibility index (Phi) is 4.87. The van der Waals surface area contributed by atoms with Crippen molar-refractivity contribution in [2.75, 3.05) is 13.1 Å². The van der Waals surface area contributed by atoms with Gasteiger partial charge < -0.3 is 4.74 Å². The van der Waals surface area contributed by atoms with E-state index in [9.17, 15) is 13.2 Å². The minimum absolute atomic E-state index is 0.0933. The standard InChI is InChI=1S/C18H20N2O4S/c1-13-4-3-5-18(19-13)24-16-10-11-20(12-16)25(22,23)17-8-6-15(7-9-17)14(2)21/h3-9,16H,10-12H2,1-2H3. The number of nitrogens with zero attached hydrogens (tertiary/aromatic N) is 2. The van der Waals surface area contributed by atoms with Crippen molar-refractivity contribution in [3.63, 3.8) is 0 Å². The van der Waals surface area contributed by atoms with Crippen molar-refractivity contribution >= 4 is 15.8 Å². The zero-order chi connectivity index (χ0) is 18.0. The molecule has 6 nitrogen and oxygen atoms in total. The third kappa shape index (κ3) is 3.88. The van der Waals surface area contributed by atoms with Gasteiger partial charge in [-0.2, -0.15) is 4.31 Å². The molecule has 1 fully saturated rings. The fourth-order valence-corrected chi connectivity index (χ4v) is 4.26. The number of ether oxygens (including phenoxy) is 1. The van der Waals surface area contributed by atoms with Gasteiger partial charge in [-0.05, 0) is 38.5 Å². The lowest BCUT2D eigenvalue weighted by atomic mass is 10.2. The van der Waals surface area contributed by atoms with Gasteiger partial charge in [0.25, 0.3) is 0 Å². The first kappa shape index (κ1) is 17.6. The number of rotatable bonds is 5. The summed E-state index contributed by atoms with van der Waals surface area (Å²) >= 11 is 0. The smallest absolute Gasteiger partial charge is 0.243 e. The number of sulfonamides is 1. The van der Waals surface area contributed by atoms with Crippen molar-refractivity contribution in [1.82, 2.24) is 9.29 Å². The molecule has 0 saturated carbocycles. The number of benzene rings is 1. The highest BCUT2D eigenvalue weighted by Gasteiger charge is 2.33. The molecule has 0 bridgehead atoms. The van der Waals surface area contributed by atoms with E-state index >= 15 is 0 Å². The Morgan fingerprint density at radius 3 is 2.56 bits per heavy atom. The summed E-state index contributed by atoms with van der Waals surface area (Å²) in [4.78, 5) is 15.8. The van der Waals surface area contributed by atoms with Crippen molar-refractivity contribution in [3.05, 3.63) is 53.7 Å². The van der Waals surface area contributed by atoms with Gasteiger partial charge in [0.1, 0.15) is 6.10 Å². The van der Waals surface area contributed by atoms with Crippen LogP contribution in [0.4, 0.5) is 0 Å². The molecule has 1 atom stereocenters. The van der Waals surface area contributed by atoms with E-state index in [1.54, 1.807) is 6.07 Å². The molecule has 0 spiro atoms. The molecular weight excluding hydrogens is 340 g/mol. The Bertz CT molecular complexity index is 878. The van der Waals surface area contributed by atoms with E-state index in [-0.39, 0.29) is 23.3 Å². The predicted molar refractivity (Wildman–Crippen MR) is 93.2 cm³/mol. The van der Waals surface area contributed by atoms with Gasteiger partial charge in [-0.3, -0.25) is 4.79 Å². The molecule has 0 aliphatic carbocycles. The Morgan fingerprint density at radius 1 is 1.20 bits per heavy atom. The highest BCUT2D eigenvalue weighted by molar-refractivity contribution is 7.89. The lowest BCUT2D eigenvalue weighted by Gasteiger charge is -2.17. The average Bonchev–Trinajstić information content (AvgIpc) is 3.04. The van der Waals surface area contributed by atoms with E-state index in [0.29, 0.717) is 24.4 Å². The normalized spacial score (nSPS) is 18.2. The van der Waals surface area contributed by atoms with Gasteiger partial charge in [0.15, 0.2) is 5.78 Å². The molecular formula is C18H20N2O4S. The molecule has 1 aliphatic rings. The summed E-state index contributed by atoms with van der Waals surface area (Å²) < 4.78 is 32.7. The maximum Gasteiger partial charge on any atom is 0.243 e. The first-order valence-corrected chi connectivity index (χ1v) is 9.52. The topological polar surface area (TPSA) is 76.6 Å². The minimum Gasteiger partial charge on any atom is -0.473 e. The lowest BCUT2D eigenvalue weighted by molar-refractivity contribution is 0.101. The van der Waals surface area contributed by atoms with Crippen molar-refractivity contribution in [1.29, 1.82) is 0 Å². The van der Waals surface area contributed by atoms with Crippen LogP contribution in [0, 0.1) is 6.92 Å². The quantitative estimate of drug-likeness (QED) is 0.766. The molecule has 1 aliphatic heterocycles. The first-order valence-electron chi connectivity index (χ1n) is 8.08. The molecule has 1 aromatic carbocycles. The number of pyridine rings is 1. The van der Waals surface area contributed by atoms with Gasteiger partial charge in [-0.25, -0.2) is 13.4 Å². The molecule has 1 unspecified atom stereocenters. The van der Waals surface area contributed by atoms with Crippen molar-refractivity contribution < 1.29 is 17.9 Å². The van der Waals surface area contributed by atoms with Gasteiger partial charge >= 0.3 is 0 Å². The molecule has 132 valence electrons. The van der Waals surface area contributed by atoms with E-state index in [1.807, 2.05) is 19.1 Å². The molecule has 25 heavy (non-hydrogen) atoms. The fourth-order valence-electron chi connectivity index (χ4n) is 2.78. The Labute approximate surface area is 147 Å². The van der Waals surface area contributed by atoms with E-state index in [2.05, 4.69) is 4.98 Å². The summed E-state index contributed by atoms with van der Waals surface area (Å²) in [5, 5.41) is 0. The largest absolute Gasteiger partial charge is 0.473 e. The van der Waals surface area contributed by atoms with Crippen LogP contribution in [0.3, 0.4) is 0 Å². The van der Waals surface area contributed by atoms with Crippen molar-refractivity contribution in [2.45, 2.75) is 31.3 Å². The molecule has 3 rings (SSSR count). The Balaban J connectivity index is 1.70. The van der Waals surface area contributed by atoms with E-state index < -0.39 is 10.0 Å². The summed E-state index contributed by atoms with van der Waals surface area (Å²) in [5.41, 5.74) is 1.35. The number of Topliss-reactive ketones (excluding diaryl/α,β-unsaturated/α-hetero) is 1. The highest BCUT2D eigenvalue weighted by atomic mass is 32.2. The van der Waals surface area contributed by atoms with Gasteiger partial charge in [0, 0.05) is 23.9 Å². The maximum atomic E-state index is 12.7. The zero-order valence-electron chi connectivity index (χ0n) is 14.2. The van der Waals surface area contributed by atoms with Crippen LogP contribution >= 0.6 is 0 Å². The summed E-state index contributed by atoms with van der Waals surface area (Å²) in [6.45, 7) is 4.01. The van der Waals surface area contributed by atoms with Crippen LogP contribution in [0.2, 0.25) is 0 Å². The second-order valence-electron chi connectivity index (χ2n) is 6.09. The molecule has 1 saturated heterocycles. The van der Waals surface area contributed by atoms with Crippen molar-refractivity contribution in [2.24, 2.45) is 0 Å². The number of carbonyl (C=O) groups excluding carboxylic acids is 1. The maximum absolute atomic E-state index is 12.7. The number of ketones is 1. The second kappa shape index (κ2) is 6.93. The molecule has 2 aromatic rings. The summed E-state index contributed by atoms with van der Waals surface area (Å²) in [5.74, 6) is 0.416. The summed E-state index contributed by atoms with van der Waals surface area (Å²) in [7, 11) is -3.59. The molecule has 1 aromatic heterocycles. The van der Waals surface area contributed by atoms with Gasteiger partial charge in [0.2, 0.25) is 15.9 Å². The van der Waals surface area contributed by atoms with Crippen molar-refractivity contribution in [3.8, 4) is 5.88 Å². The second-order valence-corrected chi connectivity index (χ2v) is 8.03. The summed E-state index contributed by atoms with van der Waals surface area (Å²) in [6.07, 6.45) is 0.390. The van der Waals surface area contributed by atoms with Crippen LogP contribution in [0.15, 0.2) is 47.4 Å². The minimum atomic E-state index is -3.59. The number of hydrogen-bond acceptors (Lipinski definition) is 5. The van der Waals surface area contributed by atoms with Crippen LogP contribution in [-0.2, 0) is 10.0 Å². The highest BCUT2D eigenvalue weighted by Crippen LogP contribution is 2.24. The van der Waals surface area contributed by atoms with Crippen LogP contribution < -0.4 is 4.74 Å². The predicted octanol–water partition coefficient (Wildman–Crippen LogP) is 2.43. The molecule has 0 radical (unpaired) electrons. The van der Waals surface area contributed by atoms with Crippen LogP contribution in [0.25, 0.3) is 0 Å². The van der Waals surface area contributed by atoms with Gasteiger partial charge in [-0.15, -0.1) is 0 Å². The van der Waals surface area contributed by atoms with Gasteiger partial charge in [0.05, 0.1) is 11.4 Å².